The fourth-order valence-electron chi connectivity index (χ4n) is 7.43. The summed E-state index contributed by atoms with van der Waals surface area (Å²) in [4.78, 5) is 27.8. The standard InChI is InChI=1S/C34H45ClN4O5S/c1-5-27-23(3)18-39-20-34(15-7-9-24-16-26(35)12-13-28(24)34)21-44-31-14-11-25(17-29(31)39)32(40)37-45(42,38-33(36)41)19-22(2)8-6-10-30(27)43-4/h6,10-14,16-17,22-23,27,30H,5,7-9,15,18-21H2,1-4H3,(H3,36,37,38,40,41,42)/b10-6+/t22-,23-,27+,30-,34-,45?/m0/s1. The second-order valence-electron chi connectivity index (χ2n) is 13.0. The summed E-state index contributed by atoms with van der Waals surface area (Å²) in [5, 5.41) is 0.732. The first-order chi connectivity index (χ1) is 21.5. The van der Waals surface area contributed by atoms with Crippen LogP contribution in [0.4, 0.5) is 10.5 Å². The monoisotopic (exact) mass is 656 g/mol. The molecular weight excluding hydrogens is 612 g/mol. The van der Waals surface area contributed by atoms with Crippen molar-refractivity contribution in [2.24, 2.45) is 27.9 Å². The number of primary amides is 1. The number of methoxy groups -OCH3 is 1. The molecular formula is C34H45ClN4O5S. The van der Waals surface area contributed by atoms with E-state index in [4.69, 9.17) is 26.8 Å². The van der Waals surface area contributed by atoms with Crippen LogP contribution in [0, 0.1) is 17.8 Å². The molecule has 2 aliphatic heterocycles. The number of amides is 3. The summed E-state index contributed by atoms with van der Waals surface area (Å²) in [6.45, 7) is 8.25. The highest BCUT2D eigenvalue weighted by molar-refractivity contribution is 7.92. The Morgan fingerprint density at radius 3 is 2.80 bits per heavy atom. The van der Waals surface area contributed by atoms with Gasteiger partial charge in [0, 0.05) is 36.2 Å². The third-order valence-corrected chi connectivity index (χ3v) is 11.8. The number of aryl methyl sites for hydroxylation is 1. The van der Waals surface area contributed by atoms with Crippen LogP contribution in [0.3, 0.4) is 0 Å². The Morgan fingerprint density at radius 1 is 1.27 bits per heavy atom. The number of nitrogens with two attached hydrogens (primary N) is 1. The van der Waals surface area contributed by atoms with Crippen LogP contribution >= 0.6 is 11.6 Å². The number of allylic oxidation sites excluding steroid dienone is 1. The lowest BCUT2D eigenvalue weighted by molar-refractivity contribution is 0.0637. The number of nitrogens with zero attached hydrogens (tertiary/aromatic N) is 2. The zero-order valence-corrected chi connectivity index (χ0v) is 28.2. The molecule has 0 aromatic heterocycles. The lowest BCUT2D eigenvalue weighted by atomic mass is 9.70. The quantitative estimate of drug-likeness (QED) is 0.375. The van der Waals surface area contributed by atoms with Gasteiger partial charge in [0.1, 0.15) is 15.7 Å². The molecule has 1 spiro atoms. The van der Waals surface area contributed by atoms with Crippen LogP contribution in [-0.2, 0) is 26.5 Å². The van der Waals surface area contributed by atoms with Gasteiger partial charge in [0.15, 0.2) is 0 Å². The molecule has 9 nitrogen and oxygen atoms in total. The number of halogens is 1. The molecule has 2 aromatic carbocycles. The van der Waals surface area contributed by atoms with Crippen LogP contribution in [0.15, 0.2) is 52.9 Å². The van der Waals surface area contributed by atoms with Crippen molar-refractivity contribution in [2.45, 2.75) is 64.4 Å². The number of carbonyl (C=O) groups is 2. The number of benzene rings is 2. The largest absolute Gasteiger partial charge is 0.490 e. The zero-order valence-electron chi connectivity index (χ0n) is 26.6. The van der Waals surface area contributed by atoms with Gasteiger partial charge in [-0.2, -0.15) is 0 Å². The van der Waals surface area contributed by atoms with Crippen LogP contribution in [0.25, 0.3) is 0 Å². The molecule has 0 fully saturated rings. The van der Waals surface area contributed by atoms with Crippen LogP contribution in [0.5, 0.6) is 5.75 Å². The molecule has 11 heteroatoms. The maximum Gasteiger partial charge on any atom is 0.324 e. The predicted molar refractivity (Wildman–Crippen MR) is 179 cm³/mol. The molecule has 244 valence electrons. The number of carbonyl (C=O) groups excluding carboxylic acids is 2. The highest BCUT2D eigenvalue weighted by atomic mass is 35.5. The molecule has 2 bridgehead atoms. The molecule has 5 rings (SSSR count). The van der Waals surface area contributed by atoms with Crippen molar-refractivity contribution < 1.29 is 23.3 Å². The van der Waals surface area contributed by atoms with E-state index >= 15 is 0 Å². The van der Waals surface area contributed by atoms with E-state index in [1.54, 1.807) is 25.3 Å². The fraction of sp³-hybridized carbons (Fsp3) is 0.529. The summed E-state index contributed by atoms with van der Waals surface area (Å²) in [5.74, 6) is 0.273. The second kappa shape index (κ2) is 13.7. The van der Waals surface area contributed by atoms with E-state index in [2.05, 4.69) is 46.0 Å². The number of hydrogen-bond donors (Lipinski definition) is 2. The molecule has 2 aromatic rings. The van der Waals surface area contributed by atoms with Crippen LogP contribution < -0.4 is 20.1 Å². The Balaban J connectivity index is 1.65. The van der Waals surface area contributed by atoms with Gasteiger partial charge in [-0.15, -0.1) is 4.36 Å². The second-order valence-corrected chi connectivity index (χ2v) is 15.4. The third kappa shape index (κ3) is 7.34. The highest BCUT2D eigenvalue weighted by Crippen LogP contribution is 2.45. The molecule has 0 saturated carbocycles. The SMILES string of the molecule is CC[C@H]1[C@@H](OC)/C=C/C[C@H](C)CS(=O)(NC(N)=O)=NC(=O)c2ccc3c(c2)N(C[C@@H]1C)C[C@@]1(CCCc2cc(Cl)ccc21)CO3. The van der Waals surface area contributed by atoms with E-state index in [1.165, 1.54) is 11.1 Å². The van der Waals surface area contributed by atoms with Gasteiger partial charge in [-0.3, -0.25) is 9.52 Å². The van der Waals surface area contributed by atoms with Crippen molar-refractivity contribution in [3.63, 3.8) is 0 Å². The maximum absolute atomic E-state index is 13.8. The van der Waals surface area contributed by atoms with E-state index in [-0.39, 0.29) is 40.6 Å². The van der Waals surface area contributed by atoms with Crippen LogP contribution in [0.1, 0.15) is 67.9 Å². The molecule has 0 radical (unpaired) electrons. The lowest BCUT2D eigenvalue weighted by Crippen LogP contribution is -2.47. The molecule has 3 N–H and O–H groups in total. The van der Waals surface area contributed by atoms with Gasteiger partial charge in [0.05, 0.1) is 24.2 Å². The van der Waals surface area contributed by atoms with Crippen molar-refractivity contribution in [2.75, 3.05) is 37.5 Å². The lowest BCUT2D eigenvalue weighted by Gasteiger charge is -2.42. The summed E-state index contributed by atoms with van der Waals surface area (Å²) in [7, 11) is -1.74. The van der Waals surface area contributed by atoms with E-state index in [9.17, 15) is 13.8 Å². The smallest absolute Gasteiger partial charge is 0.324 e. The van der Waals surface area contributed by atoms with E-state index in [1.807, 2.05) is 19.1 Å². The van der Waals surface area contributed by atoms with Crippen molar-refractivity contribution in [3.05, 3.63) is 70.3 Å². The molecule has 2 heterocycles. The van der Waals surface area contributed by atoms with Gasteiger partial charge in [-0.05, 0) is 84.9 Å². The first-order valence-corrected chi connectivity index (χ1v) is 17.9. The Kier molecular flexibility index (Phi) is 10.2. The van der Waals surface area contributed by atoms with Crippen molar-refractivity contribution in [1.29, 1.82) is 0 Å². The topological polar surface area (TPSA) is 123 Å². The van der Waals surface area contributed by atoms with E-state index in [0.717, 1.165) is 36.4 Å². The van der Waals surface area contributed by atoms with Gasteiger partial charge < -0.3 is 20.1 Å². The summed E-state index contributed by atoms with van der Waals surface area (Å²) < 4.78 is 32.7. The summed E-state index contributed by atoms with van der Waals surface area (Å²) >= 11 is 6.42. The molecule has 6 atom stereocenters. The summed E-state index contributed by atoms with van der Waals surface area (Å²) in [6.07, 6.45) is 8.43. The Hall–Kier alpha value is -3.08. The van der Waals surface area contributed by atoms with Gasteiger partial charge in [-0.1, -0.05) is 57.0 Å². The Morgan fingerprint density at radius 2 is 2.07 bits per heavy atom. The predicted octanol–water partition coefficient (Wildman–Crippen LogP) is 6.28. The number of rotatable bonds is 3. The third-order valence-electron chi connectivity index (χ3n) is 9.55. The Bertz CT molecular complexity index is 1590. The first-order valence-electron chi connectivity index (χ1n) is 15.8. The first kappa shape index (κ1) is 33.3. The summed E-state index contributed by atoms with van der Waals surface area (Å²) in [6, 6.07) is 10.4. The van der Waals surface area contributed by atoms with Crippen molar-refractivity contribution in [3.8, 4) is 5.75 Å². The molecule has 0 saturated heterocycles. The number of fused-ring (bicyclic) bond motifs is 3. The Labute approximate surface area is 272 Å². The van der Waals surface area contributed by atoms with Gasteiger partial charge in [0.2, 0.25) is 0 Å². The van der Waals surface area contributed by atoms with Crippen LogP contribution in [-0.4, -0.2) is 54.8 Å². The molecule has 1 aliphatic carbocycles. The van der Waals surface area contributed by atoms with E-state index < -0.39 is 21.9 Å². The van der Waals surface area contributed by atoms with E-state index in [0.29, 0.717) is 31.9 Å². The number of anilines is 1. The normalized spacial score (nSPS) is 31.2. The number of nitrogens with one attached hydrogen (secondary N) is 1. The summed E-state index contributed by atoms with van der Waals surface area (Å²) in [5.41, 5.74) is 8.66. The maximum atomic E-state index is 13.8. The number of urea groups is 1. The number of ether oxygens (including phenoxy) is 2. The highest BCUT2D eigenvalue weighted by Gasteiger charge is 2.42. The van der Waals surface area contributed by atoms with Crippen molar-refractivity contribution in [1.82, 2.24) is 4.72 Å². The average Bonchev–Trinajstić information content (AvgIpc) is 3.12. The average molecular weight is 657 g/mol. The minimum atomic E-state index is -3.48. The minimum Gasteiger partial charge on any atom is -0.490 e. The molecule has 3 aliphatic rings. The molecule has 45 heavy (non-hydrogen) atoms. The minimum absolute atomic E-state index is 0.0244. The van der Waals surface area contributed by atoms with Crippen LogP contribution in [0.2, 0.25) is 5.02 Å². The van der Waals surface area contributed by atoms with Crippen molar-refractivity contribution >= 4 is 39.1 Å². The zero-order chi connectivity index (χ0) is 32.4. The number of hydrogen-bond acceptors (Lipinski definition) is 6. The van der Waals surface area contributed by atoms with Gasteiger partial charge in [-0.25, -0.2) is 9.00 Å². The van der Waals surface area contributed by atoms with Gasteiger partial charge >= 0.3 is 6.03 Å². The van der Waals surface area contributed by atoms with Gasteiger partial charge in [0.25, 0.3) is 5.91 Å². The fourth-order valence-corrected chi connectivity index (χ4v) is 9.42. The molecule has 1 unspecified atom stereocenters. The molecule has 3 amide bonds.